The first-order valence-electron chi connectivity index (χ1n) is 5.83. The van der Waals surface area contributed by atoms with Crippen LogP contribution in [0, 0.1) is 5.95 Å². The van der Waals surface area contributed by atoms with Crippen LogP contribution in [0.5, 0.6) is 0 Å². The highest BCUT2D eigenvalue weighted by Crippen LogP contribution is 2.07. The van der Waals surface area contributed by atoms with Gasteiger partial charge in [0, 0.05) is 25.7 Å². The monoisotopic (exact) mass is 240 g/mol. The van der Waals surface area contributed by atoms with Gasteiger partial charge in [0.15, 0.2) is 0 Å². The lowest BCUT2D eigenvalue weighted by Gasteiger charge is -2.32. The molecular formula is C11H17FN4O. The predicted molar refractivity (Wildman–Crippen MR) is 62.3 cm³/mol. The Bertz CT molecular complexity index is 363. The van der Waals surface area contributed by atoms with Crippen LogP contribution in [0.4, 0.5) is 10.2 Å². The summed E-state index contributed by atoms with van der Waals surface area (Å²) >= 11 is 0. The fraction of sp³-hybridized carbons (Fsp3) is 0.636. The largest absolute Gasteiger partial charge is 0.374 e. The van der Waals surface area contributed by atoms with Gasteiger partial charge in [0.25, 0.3) is 0 Å². The van der Waals surface area contributed by atoms with E-state index >= 15 is 0 Å². The Morgan fingerprint density at radius 1 is 1.59 bits per heavy atom. The summed E-state index contributed by atoms with van der Waals surface area (Å²) in [6.45, 7) is 6.43. The molecule has 1 aliphatic rings. The zero-order valence-electron chi connectivity index (χ0n) is 9.90. The molecule has 0 spiro atoms. The molecule has 0 radical (unpaired) electrons. The normalized spacial score (nSPS) is 21.4. The molecule has 1 atom stereocenters. The van der Waals surface area contributed by atoms with Gasteiger partial charge in [-0.1, -0.05) is 6.92 Å². The van der Waals surface area contributed by atoms with Crippen LogP contribution in [-0.4, -0.2) is 53.8 Å². The van der Waals surface area contributed by atoms with Crippen LogP contribution in [0.3, 0.4) is 0 Å². The lowest BCUT2D eigenvalue weighted by atomic mass is 10.2. The van der Waals surface area contributed by atoms with E-state index in [-0.39, 0.29) is 6.10 Å². The van der Waals surface area contributed by atoms with E-state index in [9.17, 15) is 4.39 Å². The van der Waals surface area contributed by atoms with E-state index in [4.69, 9.17) is 4.74 Å². The van der Waals surface area contributed by atoms with Gasteiger partial charge >= 0.3 is 0 Å². The van der Waals surface area contributed by atoms with Gasteiger partial charge < -0.3 is 10.1 Å². The molecule has 0 saturated carbocycles. The summed E-state index contributed by atoms with van der Waals surface area (Å²) < 4.78 is 18.4. The Morgan fingerprint density at radius 2 is 2.47 bits per heavy atom. The fourth-order valence-corrected chi connectivity index (χ4v) is 1.84. The van der Waals surface area contributed by atoms with Gasteiger partial charge in [0.1, 0.15) is 12.1 Å². The maximum Gasteiger partial charge on any atom is 0.217 e. The zero-order valence-corrected chi connectivity index (χ0v) is 9.90. The van der Waals surface area contributed by atoms with Gasteiger partial charge in [-0.15, -0.1) is 0 Å². The minimum absolute atomic E-state index is 0.127. The molecule has 2 rings (SSSR count). The van der Waals surface area contributed by atoms with Crippen molar-refractivity contribution in [1.82, 2.24) is 14.9 Å². The Balaban J connectivity index is 1.81. The second-order valence-corrected chi connectivity index (χ2v) is 3.99. The van der Waals surface area contributed by atoms with E-state index < -0.39 is 5.95 Å². The van der Waals surface area contributed by atoms with Gasteiger partial charge in [-0.05, 0) is 6.54 Å². The molecule has 6 heteroatoms. The van der Waals surface area contributed by atoms with Gasteiger partial charge in [0.05, 0.1) is 12.7 Å². The minimum atomic E-state index is -0.526. The van der Waals surface area contributed by atoms with E-state index in [1.165, 1.54) is 12.4 Å². The molecule has 2 heterocycles. The molecule has 94 valence electrons. The van der Waals surface area contributed by atoms with Crippen molar-refractivity contribution in [2.75, 3.05) is 38.1 Å². The van der Waals surface area contributed by atoms with Crippen LogP contribution in [-0.2, 0) is 4.74 Å². The highest BCUT2D eigenvalue weighted by atomic mass is 19.1. The van der Waals surface area contributed by atoms with Crippen LogP contribution in [0.25, 0.3) is 0 Å². The third-order valence-corrected chi connectivity index (χ3v) is 2.81. The van der Waals surface area contributed by atoms with Crippen LogP contribution >= 0.6 is 0 Å². The number of halogens is 1. The first-order chi connectivity index (χ1) is 8.28. The minimum Gasteiger partial charge on any atom is -0.374 e. The Morgan fingerprint density at radius 3 is 3.24 bits per heavy atom. The summed E-state index contributed by atoms with van der Waals surface area (Å²) in [5, 5.41) is 3.06. The van der Waals surface area contributed by atoms with Gasteiger partial charge in [-0.3, -0.25) is 4.90 Å². The molecule has 0 amide bonds. The fourth-order valence-electron chi connectivity index (χ4n) is 1.84. The third-order valence-electron chi connectivity index (χ3n) is 2.81. The number of rotatable bonds is 4. The maximum absolute atomic E-state index is 12.8. The summed E-state index contributed by atoms with van der Waals surface area (Å²) in [6.07, 6.45) is 1.33. The van der Waals surface area contributed by atoms with Crippen molar-refractivity contribution < 1.29 is 9.13 Å². The van der Waals surface area contributed by atoms with E-state index in [1.54, 1.807) is 0 Å². The Hall–Kier alpha value is -1.27. The number of morpholine rings is 1. The SMILES string of the molecule is CCN1CCOC(CNc2cc(F)ncn2)C1. The molecule has 0 bridgehead atoms. The second kappa shape index (κ2) is 5.88. The Kier molecular flexibility index (Phi) is 4.22. The Labute approximate surface area is 100 Å². The van der Waals surface area contributed by atoms with Crippen molar-refractivity contribution in [3.05, 3.63) is 18.3 Å². The topological polar surface area (TPSA) is 50.3 Å². The summed E-state index contributed by atoms with van der Waals surface area (Å²) in [5.74, 6) is -0.0306. The highest BCUT2D eigenvalue weighted by molar-refractivity contribution is 5.32. The summed E-state index contributed by atoms with van der Waals surface area (Å²) in [6, 6.07) is 1.28. The van der Waals surface area contributed by atoms with Gasteiger partial charge in [-0.2, -0.15) is 4.39 Å². The van der Waals surface area contributed by atoms with Crippen LogP contribution in [0.15, 0.2) is 12.4 Å². The van der Waals surface area contributed by atoms with Crippen molar-refractivity contribution in [2.24, 2.45) is 0 Å². The van der Waals surface area contributed by atoms with Crippen LogP contribution in [0.2, 0.25) is 0 Å². The smallest absolute Gasteiger partial charge is 0.217 e. The molecule has 0 aromatic carbocycles. The highest BCUT2D eigenvalue weighted by Gasteiger charge is 2.18. The average molecular weight is 240 g/mol. The molecule has 1 fully saturated rings. The van der Waals surface area contributed by atoms with Gasteiger partial charge in [-0.25, -0.2) is 9.97 Å². The quantitative estimate of drug-likeness (QED) is 0.787. The lowest BCUT2D eigenvalue weighted by molar-refractivity contribution is -0.0192. The van der Waals surface area contributed by atoms with Crippen molar-refractivity contribution in [1.29, 1.82) is 0 Å². The molecule has 0 aliphatic carbocycles. The van der Waals surface area contributed by atoms with E-state index in [0.717, 1.165) is 26.2 Å². The van der Waals surface area contributed by atoms with Crippen molar-refractivity contribution in [3.63, 3.8) is 0 Å². The second-order valence-electron chi connectivity index (χ2n) is 3.99. The van der Waals surface area contributed by atoms with E-state index in [2.05, 4.69) is 27.1 Å². The zero-order chi connectivity index (χ0) is 12.1. The van der Waals surface area contributed by atoms with Crippen molar-refractivity contribution in [2.45, 2.75) is 13.0 Å². The number of hydrogen-bond acceptors (Lipinski definition) is 5. The van der Waals surface area contributed by atoms with Crippen LogP contribution < -0.4 is 5.32 Å². The molecule has 5 nitrogen and oxygen atoms in total. The number of aromatic nitrogens is 2. The first kappa shape index (κ1) is 12.2. The van der Waals surface area contributed by atoms with Gasteiger partial charge in [0.2, 0.25) is 5.95 Å². The number of nitrogens with one attached hydrogen (secondary N) is 1. The predicted octanol–water partition coefficient (Wildman–Crippen LogP) is 0.748. The summed E-state index contributed by atoms with van der Waals surface area (Å²) in [7, 11) is 0. The molecule has 1 aromatic heterocycles. The van der Waals surface area contributed by atoms with E-state index in [1.807, 2.05) is 0 Å². The molecular weight excluding hydrogens is 223 g/mol. The number of anilines is 1. The molecule has 17 heavy (non-hydrogen) atoms. The number of likely N-dealkylation sites (N-methyl/N-ethyl adjacent to an activating group) is 1. The molecule has 1 N–H and O–H groups in total. The maximum atomic E-state index is 12.8. The molecule has 1 aromatic rings. The molecule has 1 saturated heterocycles. The number of nitrogens with zero attached hydrogens (tertiary/aromatic N) is 3. The third kappa shape index (κ3) is 3.61. The van der Waals surface area contributed by atoms with Crippen molar-refractivity contribution in [3.8, 4) is 0 Å². The standard InChI is InChI=1S/C11H17FN4O/c1-2-16-3-4-17-9(7-16)6-13-11-5-10(12)14-8-15-11/h5,8-9H,2-4,6-7H2,1H3,(H,13,14,15). The number of ether oxygens (including phenoxy) is 1. The van der Waals surface area contributed by atoms with Crippen LogP contribution in [0.1, 0.15) is 6.92 Å². The number of hydrogen-bond donors (Lipinski definition) is 1. The molecule has 1 aliphatic heterocycles. The summed E-state index contributed by atoms with van der Waals surface area (Å²) in [4.78, 5) is 9.66. The van der Waals surface area contributed by atoms with E-state index in [0.29, 0.717) is 12.4 Å². The summed E-state index contributed by atoms with van der Waals surface area (Å²) in [5.41, 5.74) is 0. The first-order valence-corrected chi connectivity index (χ1v) is 5.83. The lowest BCUT2D eigenvalue weighted by Crippen LogP contribution is -2.45. The average Bonchev–Trinajstić information content (AvgIpc) is 2.37. The van der Waals surface area contributed by atoms with Crippen molar-refractivity contribution >= 4 is 5.82 Å². The molecule has 1 unspecified atom stereocenters.